The quantitative estimate of drug-likeness (QED) is 0.726. The molecule has 0 saturated carbocycles. The van der Waals surface area contributed by atoms with Gasteiger partial charge >= 0.3 is 0 Å². The number of hydrogen-bond acceptors (Lipinski definition) is 4. The van der Waals surface area contributed by atoms with Gasteiger partial charge in [-0.15, -0.1) is 0 Å². The van der Waals surface area contributed by atoms with E-state index < -0.39 is 0 Å². The highest BCUT2D eigenvalue weighted by Crippen LogP contribution is 2.38. The van der Waals surface area contributed by atoms with E-state index in [1.54, 1.807) is 11.1 Å². The lowest BCUT2D eigenvalue weighted by molar-refractivity contribution is 0.0992. The van der Waals surface area contributed by atoms with Crippen LogP contribution in [0.5, 0.6) is 5.75 Å². The third kappa shape index (κ3) is 3.12. The molecule has 5 heteroatoms. The number of amides is 1. The number of benzene rings is 2. The molecule has 1 N–H and O–H groups in total. The summed E-state index contributed by atoms with van der Waals surface area (Å²) in [5.41, 5.74) is 3.50. The number of ether oxygens (including phenoxy) is 1. The minimum Gasteiger partial charge on any atom is -0.492 e. The van der Waals surface area contributed by atoms with Crippen LogP contribution in [-0.4, -0.2) is 17.5 Å². The van der Waals surface area contributed by atoms with Crippen LogP contribution in [0.2, 0.25) is 0 Å². The lowest BCUT2D eigenvalue weighted by Gasteiger charge is -2.27. The lowest BCUT2D eigenvalue weighted by atomic mass is 10.1. The molecule has 5 nitrogen and oxygen atoms in total. The van der Waals surface area contributed by atoms with Gasteiger partial charge in [-0.3, -0.25) is 9.69 Å². The van der Waals surface area contributed by atoms with Gasteiger partial charge in [-0.25, -0.2) is 4.98 Å². The third-order valence-electron chi connectivity index (χ3n) is 4.58. The van der Waals surface area contributed by atoms with Crippen LogP contribution in [0.25, 0.3) is 0 Å². The van der Waals surface area contributed by atoms with Crippen molar-refractivity contribution >= 4 is 17.4 Å². The van der Waals surface area contributed by atoms with Gasteiger partial charge in [-0.05, 0) is 43.7 Å². The second-order valence-electron chi connectivity index (χ2n) is 6.43. The standard InChI is InChI=1S/C22H21N3O2/c1-3-27-19-11-7-6-10-18(19)24-21-16-8-4-5-9-17(16)22(26)25(21)20-13-12-15(2)14-23-20/h4-14,21,24H,3H2,1-2H3/t21-/m1/s1. The number of pyridine rings is 1. The van der Waals surface area contributed by atoms with Crippen molar-refractivity contribution in [2.75, 3.05) is 16.8 Å². The third-order valence-corrected chi connectivity index (χ3v) is 4.58. The average molecular weight is 359 g/mol. The van der Waals surface area contributed by atoms with E-state index in [1.807, 2.05) is 74.5 Å². The smallest absolute Gasteiger partial charge is 0.261 e. The lowest BCUT2D eigenvalue weighted by Crippen LogP contribution is -2.33. The van der Waals surface area contributed by atoms with E-state index in [2.05, 4.69) is 10.3 Å². The zero-order valence-corrected chi connectivity index (χ0v) is 15.3. The Bertz CT molecular complexity index is 969. The highest BCUT2D eigenvalue weighted by atomic mass is 16.5. The molecular weight excluding hydrogens is 338 g/mol. The molecular formula is C22H21N3O2. The van der Waals surface area contributed by atoms with E-state index in [0.717, 1.165) is 22.6 Å². The molecule has 2 aromatic carbocycles. The number of aromatic nitrogens is 1. The summed E-state index contributed by atoms with van der Waals surface area (Å²) in [6, 6.07) is 19.3. The van der Waals surface area contributed by atoms with Gasteiger partial charge in [0.05, 0.1) is 12.3 Å². The second-order valence-corrected chi connectivity index (χ2v) is 6.43. The summed E-state index contributed by atoms with van der Waals surface area (Å²) in [6.07, 6.45) is 1.42. The molecule has 1 aliphatic heterocycles. The zero-order chi connectivity index (χ0) is 18.8. The maximum absolute atomic E-state index is 13.1. The summed E-state index contributed by atoms with van der Waals surface area (Å²) < 4.78 is 5.74. The van der Waals surface area contributed by atoms with E-state index in [-0.39, 0.29) is 12.1 Å². The topological polar surface area (TPSA) is 54.5 Å². The van der Waals surface area contributed by atoms with Crippen molar-refractivity contribution < 1.29 is 9.53 Å². The van der Waals surface area contributed by atoms with Crippen LogP contribution in [0, 0.1) is 6.92 Å². The minimum absolute atomic E-state index is 0.0617. The normalized spacial score (nSPS) is 15.6. The Morgan fingerprint density at radius 3 is 2.63 bits per heavy atom. The summed E-state index contributed by atoms with van der Waals surface area (Å²) in [6.45, 7) is 4.50. The predicted molar refractivity (Wildman–Crippen MR) is 106 cm³/mol. The van der Waals surface area contributed by atoms with Gasteiger partial charge < -0.3 is 10.1 Å². The highest BCUT2D eigenvalue weighted by molar-refractivity contribution is 6.11. The first-order valence-corrected chi connectivity index (χ1v) is 9.02. The Labute approximate surface area is 158 Å². The minimum atomic E-state index is -0.356. The van der Waals surface area contributed by atoms with E-state index in [4.69, 9.17) is 4.74 Å². The molecule has 2 heterocycles. The summed E-state index contributed by atoms with van der Waals surface area (Å²) in [7, 11) is 0. The molecule has 0 spiro atoms. The van der Waals surface area contributed by atoms with Crippen molar-refractivity contribution in [2.24, 2.45) is 0 Å². The van der Waals surface area contributed by atoms with Gasteiger partial charge in [0.15, 0.2) is 0 Å². The molecule has 0 radical (unpaired) electrons. The zero-order valence-electron chi connectivity index (χ0n) is 15.3. The number of fused-ring (bicyclic) bond motifs is 1. The molecule has 4 rings (SSSR count). The largest absolute Gasteiger partial charge is 0.492 e. The fourth-order valence-corrected chi connectivity index (χ4v) is 3.31. The Hall–Kier alpha value is -3.34. The molecule has 27 heavy (non-hydrogen) atoms. The first-order chi connectivity index (χ1) is 13.2. The summed E-state index contributed by atoms with van der Waals surface area (Å²) in [5.74, 6) is 1.31. The summed E-state index contributed by atoms with van der Waals surface area (Å²) in [5, 5.41) is 3.48. The predicted octanol–water partition coefficient (Wildman–Crippen LogP) is 4.56. The fourth-order valence-electron chi connectivity index (χ4n) is 3.31. The average Bonchev–Trinajstić information content (AvgIpc) is 2.97. The Balaban J connectivity index is 1.77. The van der Waals surface area contributed by atoms with Crippen molar-refractivity contribution in [1.29, 1.82) is 0 Å². The van der Waals surface area contributed by atoms with Crippen molar-refractivity contribution in [3.8, 4) is 5.75 Å². The van der Waals surface area contributed by atoms with Gasteiger partial charge in [-0.1, -0.05) is 36.4 Å². The maximum Gasteiger partial charge on any atom is 0.261 e. The van der Waals surface area contributed by atoms with E-state index in [9.17, 15) is 4.79 Å². The van der Waals surface area contributed by atoms with Crippen LogP contribution in [0.4, 0.5) is 11.5 Å². The van der Waals surface area contributed by atoms with Crippen LogP contribution in [0.3, 0.4) is 0 Å². The number of rotatable bonds is 5. The molecule has 0 bridgehead atoms. The van der Waals surface area contributed by atoms with Crippen molar-refractivity contribution in [3.05, 3.63) is 83.6 Å². The summed E-state index contributed by atoms with van der Waals surface area (Å²) >= 11 is 0. The maximum atomic E-state index is 13.1. The van der Waals surface area contributed by atoms with Crippen LogP contribution in [0.15, 0.2) is 66.9 Å². The second kappa shape index (κ2) is 7.11. The van der Waals surface area contributed by atoms with Gasteiger partial charge in [0, 0.05) is 17.3 Å². The van der Waals surface area contributed by atoms with Crippen LogP contribution in [0.1, 0.15) is 34.6 Å². The van der Waals surface area contributed by atoms with Crippen molar-refractivity contribution in [1.82, 2.24) is 4.98 Å². The number of anilines is 2. The van der Waals surface area contributed by atoms with Crippen LogP contribution >= 0.6 is 0 Å². The van der Waals surface area contributed by atoms with Gasteiger partial charge in [0.2, 0.25) is 0 Å². The van der Waals surface area contributed by atoms with E-state index in [1.165, 1.54) is 0 Å². The molecule has 1 aliphatic rings. The van der Waals surface area contributed by atoms with Gasteiger partial charge in [0.25, 0.3) is 5.91 Å². The van der Waals surface area contributed by atoms with Crippen molar-refractivity contribution in [3.63, 3.8) is 0 Å². The molecule has 0 saturated heterocycles. The highest BCUT2D eigenvalue weighted by Gasteiger charge is 2.38. The Morgan fingerprint density at radius 1 is 1.07 bits per heavy atom. The number of nitrogens with one attached hydrogen (secondary N) is 1. The van der Waals surface area contributed by atoms with Gasteiger partial charge in [-0.2, -0.15) is 0 Å². The van der Waals surface area contributed by atoms with Gasteiger partial charge in [0.1, 0.15) is 17.7 Å². The Kier molecular flexibility index (Phi) is 4.50. The molecule has 1 aromatic heterocycles. The van der Waals surface area contributed by atoms with Crippen LogP contribution in [-0.2, 0) is 0 Å². The molecule has 0 fully saturated rings. The fraction of sp³-hybridized carbons (Fsp3) is 0.182. The molecule has 1 atom stereocenters. The van der Waals surface area contributed by atoms with E-state index in [0.29, 0.717) is 18.0 Å². The molecule has 1 amide bonds. The first kappa shape index (κ1) is 17.1. The molecule has 0 unspecified atom stereocenters. The van der Waals surface area contributed by atoms with E-state index >= 15 is 0 Å². The molecule has 136 valence electrons. The van der Waals surface area contributed by atoms with Crippen molar-refractivity contribution in [2.45, 2.75) is 20.0 Å². The number of carbonyl (C=O) groups excluding carboxylic acids is 1. The number of hydrogen-bond donors (Lipinski definition) is 1. The number of aryl methyl sites for hydroxylation is 1. The molecule has 3 aromatic rings. The Morgan fingerprint density at radius 2 is 1.85 bits per heavy atom. The monoisotopic (exact) mass is 359 g/mol. The SMILES string of the molecule is CCOc1ccccc1N[C@H]1c2ccccc2C(=O)N1c1ccc(C)cn1. The first-order valence-electron chi connectivity index (χ1n) is 9.02. The van der Waals surface area contributed by atoms with Crippen LogP contribution < -0.4 is 15.0 Å². The number of para-hydroxylation sites is 2. The molecule has 0 aliphatic carbocycles. The number of carbonyl (C=O) groups is 1. The number of nitrogens with zero attached hydrogens (tertiary/aromatic N) is 2. The summed E-state index contributed by atoms with van der Waals surface area (Å²) in [4.78, 5) is 19.3.